The monoisotopic (exact) mass is 357 g/mol. The molecule has 0 spiro atoms. The Morgan fingerprint density at radius 2 is 1.88 bits per heavy atom. The molecule has 24 heavy (non-hydrogen) atoms. The third-order valence-electron chi connectivity index (χ3n) is 4.21. The van der Waals surface area contributed by atoms with Gasteiger partial charge in [-0.05, 0) is 43.5 Å². The Balaban J connectivity index is 0.00000288. The van der Waals surface area contributed by atoms with E-state index in [1.165, 1.54) is 24.3 Å². The number of nitrogens with one attached hydrogen (secondary N) is 1. The maximum atomic E-state index is 12.9. The first-order valence-electron chi connectivity index (χ1n) is 8.12. The van der Waals surface area contributed by atoms with Crippen molar-refractivity contribution in [2.24, 2.45) is 11.7 Å². The van der Waals surface area contributed by atoms with Gasteiger partial charge in [0.15, 0.2) is 0 Å². The number of piperidine rings is 1. The van der Waals surface area contributed by atoms with Gasteiger partial charge in [0, 0.05) is 24.7 Å². The van der Waals surface area contributed by atoms with E-state index < -0.39 is 6.04 Å². The summed E-state index contributed by atoms with van der Waals surface area (Å²) in [6.45, 7) is 3.11. The molecule has 1 fully saturated rings. The normalized spacial score (nSPS) is 16.2. The summed E-state index contributed by atoms with van der Waals surface area (Å²) < 4.78 is 12.9. The van der Waals surface area contributed by atoms with Crippen molar-refractivity contribution < 1.29 is 14.0 Å². The fourth-order valence-corrected chi connectivity index (χ4v) is 2.81. The molecule has 2 amide bonds. The first-order chi connectivity index (χ1) is 11.0. The van der Waals surface area contributed by atoms with Gasteiger partial charge in [-0.3, -0.25) is 9.59 Å². The molecule has 7 heteroatoms. The molecular weight excluding hydrogens is 333 g/mol. The zero-order valence-corrected chi connectivity index (χ0v) is 14.7. The van der Waals surface area contributed by atoms with E-state index in [1.807, 2.05) is 6.92 Å². The van der Waals surface area contributed by atoms with E-state index in [-0.39, 0.29) is 36.0 Å². The van der Waals surface area contributed by atoms with E-state index in [0.717, 1.165) is 6.42 Å². The number of nitrogens with two attached hydrogens (primary N) is 1. The van der Waals surface area contributed by atoms with Gasteiger partial charge in [0.1, 0.15) is 5.82 Å². The van der Waals surface area contributed by atoms with Crippen LogP contribution in [0.15, 0.2) is 24.3 Å². The highest BCUT2D eigenvalue weighted by molar-refractivity contribution is 5.92. The Kier molecular flexibility index (Phi) is 8.15. The summed E-state index contributed by atoms with van der Waals surface area (Å²) >= 11 is 0. The van der Waals surface area contributed by atoms with E-state index in [9.17, 15) is 14.0 Å². The molecule has 1 aromatic rings. The van der Waals surface area contributed by atoms with Gasteiger partial charge in [-0.1, -0.05) is 13.3 Å². The molecule has 0 aliphatic carbocycles. The lowest BCUT2D eigenvalue weighted by atomic mass is 9.95. The fraction of sp³-hybridized carbons (Fsp3) is 0.529. The highest BCUT2D eigenvalue weighted by atomic mass is 35.5. The molecular formula is C17H25ClFN3O2. The van der Waals surface area contributed by atoms with Crippen LogP contribution in [-0.4, -0.2) is 35.8 Å². The second kappa shape index (κ2) is 9.59. The Morgan fingerprint density at radius 1 is 1.29 bits per heavy atom. The van der Waals surface area contributed by atoms with Crippen LogP contribution in [-0.2, 0) is 9.59 Å². The number of rotatable bonds is 5. The van der Waals surface area contributed by atoms with Gasteiger partial charge in [0.05, 0.1) is 6.04 Å². The number of anilines is 1. The number of hydrogen-bond donors (Lipinski definition) is 2. The van der Waals surface area contributed by atoms with Crippen molar-refractivity contribution in [3.05, 3.63) is 30.1 Å². The van der Waals surface area contributed by atoms with Crippen molar-refractivity contribution in [2.75, 3.05) is 18.4 Å². The molecule has 5 nitrogen and oxygen atoms in total. The van der Waals surface area contributed by atoms with Crippen LogP contribution < -0.4 is 11.1 Å². The average Bonchev–Trinajstić information content (AvgIpc) is 2.56. The smallest absolute Gasteiger partial charge is 0.239 e. The first-order valence-corrected chi connectivity index (χ1v) is 8.12. The lowest BCUT2D eigenvalue weighted by molar-refractivity contribution is -0.135. The van der Waals surface area contributed by atoms with E-state index in [0.29, 0.717) is 38.0 Å². The Bertz CT molecular complexity index is 545. The molecule has 134 valence electrons. The van der Waals surface area contributed by atoms with Crippen molar-refractivity contribution in [3.63, 3.8) is 0 Å². The topological polar surface area (TPSA) is 75.4 Å². The van der Waals surface area contributed by atoms with Crippen LogP contribution in [0.3, 0.4) is 0 Å². The van der Waals surface area contributed by atoms with Gasteiger partial charge < -0.3 is 16.0 Å². The number of halogens is 2. The molecule has 0 aromatic heterocycles. The number of carbonyl (C=O) groups is 2. The van der Waals surface area contributed by atoms with Crippen LogP contribution in [0.1, 0.15) is 32.6 Å². The fourth-order valence-electron chi connectivity index (χ4n) is 2.81. The summed E-state index contributed by atoms with van der Waals surface area (Å²) in [6.07, 6.45) is 2.81. The zero-order valence-electron chi connectivity index (χ0n) is 13.8. The highest BCUT2D eigenvalue weighted by Gasteiger charge is 2.29. The predicted molar refractivity (Wildman–Crippen MR) is 94.5 cm³/mol. The molecule has 1 unspecified atom stereocenters. The lowest BCUT2D eigenvalue weighted by Crippen LogP contribution is -2.48. The number of carbonyl (C=O) groups excluding carboxylic acids is 2. The minimum absolute atomic E-state index is 0. The maximum Gasteiger partial charge on any atom is 0.239 e. The van der Waals surface area contributed by atoms with Crippen molar-refractivity contribution >= 4 is 29.9 Å². The van der Waals surface area contributed by atoms with Crippen LogP contribution in [0.4, 0.5) is 10.1 Å². The highest BCUT2D eigenvalue weighted by Crippen LogP contribution is 2.20. The van der Waals surface area contributed by atoms with E-state index in [2.05, 4.69) is 5.32 Å². The number of likely N-dealkylation sites (tertiary alicyclic amines) is 1. The summed E-state index contributed by atoms with van der Waals surface area (Å²) in [6, 6.07) is 5.26. The molecule has 1 heterocycles. The van der Waals surface area contributed by atoms with Gasteiger partial charge in [0.2, 0.25) is 11.8 Å². The lowest BCUT2D eigenvalue weighted by Gasteiger charge is -2.33. The number of hydrogen-bond acceptors (Lipinski definition) is 3. The largest absolute Gasteiger partial charge is 0.341 e. The maximum absolute atomic E-state index is 12.9. The summed E-state index contributed by atoms with van der Waals surface area (Å²) in [5.41, 5.74) is 6.45. The second-order valence-electron chi connectivity index (χ2n) is 5.99. The van der Waals surface area contributed by atoms with Crippen LogP contribution >= 0.6 is 12.4 Å². The third-order valence-corrected chi connectivity index (χ3v) is 4.21. The molecule has 0 bridgehead atoms. The van der Waals surface area contributed by atoms with E-state index >= 15 is 0 Å². The minimum Gasteiger partial charge on any atom is -0.341 e. The minimum atomic E-state index is -0.440. The zero-order chi connectivity index (χ0) is 16.8. The van der Waals surface area contributed by atoms with Crippen molar-refractivity contribution in [1.29, 1.82) is 0 Å². The quantitative estimate of drug-likeness (QED) is 0.850. The van der Waals surface area contributed by atoms with Crippen LogP contribution in [0.5, 0.6) is 0 Å². The molecule has 1 saturated heterocycles. The molecule has 0 radical (unpaired) electrons. The van der Waals surface area contributed by atoms with Gasteiger partial charge in [-0.25, -0.2) is 4.39 Å². The van der Waals surface area contributed by atoms with E-state index in [4.69, 9.17) is 5.73 Å². The predicted octanol–water partition coefficient (Wildman–Crippen LogP) is 2.55. The first kappa shape index (κ1) is 20.4. The van der Waals surface area contributed by atoms with Crippen molar-refractivity contribution in [2.45, 2.75) is 38.6 Å². The number of benzene rings is 1. The molecule has 1 aliphatic heterocycles. The molecule has 1 atom stereocenters. The molecule has 3 N–H and O–H groups in total. The Hall–Kier alpha value is -1.66. The van der Waals surface area contributed by atoms with Crippen LogP contribution in [0, 0.1) is 11.7 Å². The van der Waals surface area contributed by atoms with Crippen LogP contribution in [0.25, 0.3) is 0 Å². The molecule has 0 saturated carbocycles. The van der Waals surface area contributed by atoms with Crippen molar-refractivity contribution in [3.8, 4) is 0 Å². The van der Waals surface area contributed by atoms with Gasteiger partial charge in [-0.2, -0.15) is 0 Å². The van der Waals surface area contributed by atoms with Gasteiger partial charge in [0.25, 0.3) is 0 Å². The van der Waals surface area contributed by atoms with Gasteiger partial charge >= 0.3 is 0 Å². The van der Waals surface area contributed by atoms with Crippen molar-refractivity contribution in [1.82, 2.24) is 4.90 Å². The summed E-state index contributed by atoms with van der Waals surface area (Å²) in [5.74, 6) is -0.574. The molecule has 1 aromatic carbocycles. The SMILES string of the molecule is CCCC(N)C(=O)N1CCC(C(=O)Nc2ccc(F)cc2)CC1.Cl. The Morgan fingerprint density at radius 3 is 2.42 bits per heavy atom. The summed E-state index contributed by atoms with van der Waals surface area (Å²) in [7, 11) is 0. The Labute approximate surface area is 148 Å². The molecule has 2 rings (SSSR count). The van der Waals surface area contributed by atoms with E-state index in [1.54, 1.807) is 4.90 Å². The second-order valence-corrected chi connectivity index (χ2v) is 5.99. The standard InChI is InChI=1S/C17H24FN3O2.ClH/c1-2-3-15(19)17(23)21-10-8-12(9-11-21)16(22)20-14-6-4-13(18)5-7-14;/h4-7,12,15H,2-3,8-11,19H2,1H3,(H,20,22);1H. The number of amides is 2. The average molecular weight is 358 g/mol. The number of nitrogens with zero attached hydrogens (tertiary/aromatic N) is 1. The van der Waals surface area contributed by atoms with Crippen LogP contribution in [0.2, 0.25) is 0 Å². The van der Waals surface area contributed by atoms with Gasteiger partial charge in [-0.15, -0.1) is 12.4 Å². The summed E-state index contributed by atoms with van der Waals surface area (Å²) in [5, 5.41) is 2.79. The summed E-state index contributed by atoms with van der Waals surface area (Å²) in [4.78, 5) is 26.1. The third kappa shape index (κ3) is 5.46. The molecule has 1 aliphatic rings.